The molecule has 1 N–H and O–H groups in total. The van der Waals surface area contributed by atoms with Crippen LogP contribution in [0.2, 0.25) is 0 Å². The predicted molar refractivity (Wildman–Crippen MR) is 128 cm³/mol. The maximum absolute atomic E-state index is 13.1. The fourth-order valence-corrected chi connectivity index (χ4v) is 4.67. The van der Waals surface area contributed by atoms with Gasteiger partial charge in [0.05, 0.1) is 17.7 Å². The number of ether oxygens (including phenoxy) is 1. The molecule has 3 aliphatic heterocycles. The van der Waals surface area contributed by atoms with Crippen LogP contribution in [-0.4, -0.2) is 64.0 Å². The maximum atomic E-state index is 13.1. The first-order valence-electron chi connectivity index (χ1n) is 12.8. The van der Waals surface area contributed by atoms with Crippen LogP contribution in [0.25, 0.3) is 0 Å². The lowest BCUT2D eigenvalue weighted by Crippen LogP contribution is -2.54. The van der Waals surface area contributed by atoms with Crippen molar-refractivity contribution in [1.82, 2.24) is 15.3 Å². The number of benzene rings is 1. The predicted octanol–water partition coefficient (Wildman–Crippen LogP) is 1.80. The minimum Gasteiger partial charge on any atom is -0.493 e. The Bertz CT molecular complexity index is 1160. The van der Waals surface area contributed by atoms with Crippen LogP contribution in [0.15, 0.2) is 18.2 Å². The highest BCUT2D eigenvalue weighted by Crippen LogP contribution is 2.33. The van der Waals surface area contributed by atoms with E-state index in [1.54, 1.807) is 12.1 Å². The molecule has 0 aliphatic carbocycles. The number of piperidine rings is 1. The van der Waals surface area contributed by atoms with E-state index in [0.29, 0.717) is 24.5 Å². The number of rotatable bonds is 12. The van der Waals surface area contributed by atoms with Gasteiger partial charge in [0.2, 0.25) is 11.8 Å². The second-order valence-corrected chi connectivity index (χ2v) is 9.39. The average Bonchev–Trinajstić information content (AvgIpc) is 3.33. The topological polar surface area (TPSA) is 156 Å². The van der Waals surface area contributed by atoms with Crippen molar-refractivity contribution in [3.05, 3.63) is 29.3 Å². The van der Waals surface area contributed by atoms with Crippen LogP contribution in [0.4, 0.5) is 0 Å². The van der Waals surface area contributed by atoms with E-state index in [9.17, 15) is 33.6 Å². The zero-order valence-corrected chi connectivity index (χ0v) is 20.9. The number of fused-ring (bicyclic) bond motifs is 1. The van der Waals surface area contributed by atoms with Crippen molar-refractivity contribution in [3.8, 4) is 5.75 Å². The largest absolute Gasteiger partial charge is 0.493 e. The second-order valence-electron chi connectivity index (χ2n) is 9.39. The summed E-state index contributed by atoms with van der Waals surface area (Å²) in [7, 11) is 0. The van der Waals surface area contributed by atoms with Crippen molar-refractivity contribution < 1.29 is 43.1 Å². The van der Waals surface area contributed by atoms with Gasteiger partial charge in [0.15, 0.2) is 0 Å². The number of hydrogen-bond donors (Lipinski definition) is 1. The second kappa shape index (κ2) is 12.0. The van der Waals surface area contributed by atoms with Crippen LogP contribution in [-0.2, 0) is 28.8 Å². The molecule has 0 radical (unpaired) electrons. The molecule has 12 nitrogen and oxygen atoms in total. The fourth-order valence-electron chi connectivity index (χ4n) is 4.67. The average molecular weight is 528 g/mol. The molecule has 0 saturated carbocycles. The van der Waals surface area contributed by atoms with E-state index in [1.165, 1.54) is 6.07 Å². The van der Waals surface area contributed by atoms with Crippen molar-refractivity contribution in [2.75, 3.05) is 6.61 Å². The number of carbonyl (C=O) groups excluding carboxylic acids is 7. The first kappa shape index (κ1) is 27.0. The van der Waals surface area contributed by atoms with Crippen LogP contribution in [0.1, 0.15) is 91.3 Å². The molecule has 3 aliphatic rings. The van der Waals surface area contributed by atoms with Crippen molar-refractivity contribution in [1.29, 1.82) is 0 Å². The SMILES string of the molecule is O=C1CCC(N2C(=O)c3cccc(OCCCCCCCCC(=O)ON4C(=O)CCC4=O)c3C2=O)C(=O)N1. The lowest BCUT2D eigenvalue weighted by Gasteiger charge is -2.27. The summed E-state index contributed by atoms with van der Waals surface area (Å²) < 4.78 is 5.81. The molecule has 1 unspecified atom stereocenters. The monoisotopic (exact) mass is 527 g/mol. The molecule has 6 amide bonds. The van der Waals surface area contributed by atoms with Gasteiger partial charge in [-0.15, -0.1) is 5.06 Å². The summed E-state index contributed by atoms with van der Waals surface area (Å²) in [5, 5.41) is 2.73. The number of unbranched alkanes of at least 4 members (excludes halogenated alkanes) is 5. The molecule has 1 atom stereocenters. The van der Waals surface area contributed by atoms with Gasteiger partial charge < -0.3 is 9.57 Å². The summed E-state index contributed by atoms with van der Waals surface area (Å²) in [6, 6.07) is 3.72. The van der Waals surface area contributed by atoms with Crippen LogP contribution in [0.3, 0.4) is 0 Å². The number of imide groups is 3. The Labute approximate surface area is 218 Å². The van der Waals surface area contributed by atoms with Gasteiger partial charge in [0.25, 0.3) is 23.6 Å². The molecule has 1 aromatic carbocycles. The van der Waals surface area contributed by atoms with E-state index in [1.807, 2.05) is 0 Å². The third-order valence-electron chi connectivity index (χ3n) is 6.66. The van der Waals surface area contributed by atoms with Crippen molar-refractivity contribution in [2.45, 2.75) is 76.7 Å². The molecule has 3 heterocycles. The van der Waals surface area contributed by atoms with E-state index in [0.717, 1.165) is 30.6 Å². The normalized spacial score (nSPS) is 19.2. The summed E-state index contributed by atoms with van der Waals surface area (Å²) in [5.41, 5.74) is 0.306. The molecule has 2 fully saturated rings. The lowest BCUT2D eigenvalue weighted by atomic mass is 10.0. The highest BCUT2D eigenvalue weighted by atomic mass is 16.7. The van der Waals surface area contributed by atoms with Gasteiger partial charge in [0, 0.05) is 25.7 Å². The van der Waals surface area contributed by atoms with Gasteiger partial charge in [-0.05, 0) is 31.4 Å². The third-order valence-corrected chi connectivity index (χ3v) is 6.66. The van der Waals surface area contributed by atoms with Gasteiger partial charge >= 0.3 is 5.97 Å². The van der Waals surface area contributed by atoms with E-state index in [4.69, 9.17) is 9.57 Å². The smallest absolute Gasteiger partial charge is 0.333 e. The Morgan fingerprint density at radius 3 is 2.26 bits per heavy atom. The summed E-state index contributed by atoms with van der Waals surface area (Å²) in [5.74, 6) is -3.57. The number of nitrogens with zero attached hydrogens (tertiary/aromatic N) is 2. The summed E-state index contributed by atoms with van der Waals surface area (Å²) in [4.78, 5) is 90.0. The minimum absolute atomic E-state index is 0.0534. The molecule has 0 bridgehead atoms. The molecular formula is C26H29N3O9. The zero-order valence-electron chi connectivity index (χ0n) is 20.9. The number of carbonyl (C=O) groups is 7. The summed E-state index contributed by atoms with van der Waals surface area (Å²) in [6.45, 7) is 0.334. The maximum Gasteiger partial charge on any atom is 0.333 e. The van der Waals surface area contributed by atoms with Crippen LogP contribution in [0.5, 0.6) is 5.75 Å². The van der Waals surface area contributed by atoms with Gasteiger partial charge in [0.1, 0.15) is 11.8 Å². The molecule has 38 heavy (non-hydrogen) atoms. The van der Waals surface area contributed by atoms with Crippen LogP contribution in [0, 0.1) is 0 Å². The van der Waals surface area contributed by atoms with Gasteiger partial charge in [-0.3, -0.25) is 39.0 Å². The van der Waals surface area contributed by atoms with Gasteiger partial charge in [-0.2, -0.15) is 0 Å². The molecule has 1 aromatic rings. The van der Waals surface area contributed by atoms with Crippen LogP contribution >= 0.6 is 0 Å². The Morgan fingerprint density at radius 2 is 1.55 bits per heavy atom. The highest BCUT2D eigenvalue weighted by molar-refractivity contribution is 6.24. The van der Waals surface area contributed by atoms with Gasteiger partial charge in [-0.1, -0.05) is 31.7 Å². The molecule has 12 heteroatoms. The third kappa shape index (κ3) is 5.90. The fraction of sp³-hybridized carbons (Fsp3) is 0.500. The van der Waals surface area contributed by atoms with Crippen molar-refractivity contribution in [2.24, 2.45) is 0 Å². The molecule has 4 rings (SSSR count). The molecule has 0 spiro atoms. The molecule has 2 saturated heterocycles. The number of hydrogen-bond acceptors (Lipinski definition) is 9. The van der Waals surface area contributed by atoms with Gasteiger partial charge in [-0.25, -0.2) is 4.79 Å². The summed E-state index contributed by atoms with van der Waals surface area (Å²) in [6.07, 6.45) is 5.12. The number of nitrogens with one attached hydrogen (secondary N) is 1. The van der Waals surface area contributed by atoms with Crippen molar-refractivity contribution in [3.63, 3.8) is 0 Å². The van der Waals surface area contributed by atoms with Crippen LogP contribution < -0.4 is 10.1 Å². The Kier molecular flexibility index (Phi) is 8.49. The standard InChI is InChI=1S/C26H29N3O9/c30-19-12-11-17(24(34)27-19)28-25(35)16-8-7-9-18(23(16)26(28)36)37-15-6-4-2-1-3-5-10-22(33)38-29-20(31)13-14-21(29)32/h7-9,17H,1-6,10-15H2,(H,27,30,34). The minimum atomic E-state index is -1.03. The summed E-state index contributed by atoms with van der Waals surface area (Å²) >= 11 is 0. The molecular weight excluding hydrogens is 498 g/mol. The van der Waals surface area contributed by atoms with E-state index < -0.39 is 47.5 Å². The Morgan fingerprint density at radius 1 is 0.868 bits per heavy atom. The quantitative estimate of drug-likeness (QED) is 0.316. The molecule has 0 aromatic heterocycles. The molecule has 202 valence electrons. The Balaban J connectivity index is 1.15. The lowest BCUT2D eigenvalue weighted by molar-refractivity contribution is -0.197. The zero-order chi connectivity index (χ0) is 27.2. The van der Waals surface area contributed by atoms with Crippen molar-refractivity contribution >= 4 is 41.4 Å². The highest BCUT2D eigenvalue weighted by Gasteiger charge is 2.46. The van der Waals surface area contributed by atoms with E-state index >= 15 is 0 Å². The first-order valence-corrected chi connectivity index (χ1v) is 12.8. The first-order chi connectivity index (χ1) is 18.3. The number of hydroxylamine groups is 2. The van der Waals surface area contributed by atoms with E-state index in [2.05, 4.69) is 5.32 Å². The van der Waals surface area contributed by atoms with E-state index in [-0.39, 0.29) is 49.0 Å². The Hall–Kier alpha value is -4.09. The number of amides is 6.